The van der Waals surface area contributed by atoms with Gasteiger partial charge in [-0.05, 0) is 50.5 Å². The molecule has 1 aromatic carbocycles. The van der Waals surface area contributed by atoms with Crippen molar-refractivity contribution in [2.24, 2.45) is 0 Å². The molecule has 14 heteroatoms. The number of benzene rings is 1. The number of para-hydroxylation sites is 2. The Balaban J connectivity index is 1.65. The Kier molecular flexibility index (Phi) is 7.51. The van der Waals surface area contributed by atoms with Crippen LogP contribution in [0.4, 0.5) is 37.5 Å². The molecule has 1 aliphatic heterocycles. The van der Waals surface area contributed by atoms with E-state index in [1.165, 1.54) is 18.2 Å². The monoisotopic (exact) mass is 568 g/mol. The van der Waals surface area contributed by atoms with Gasteiger partial charge in [0.05, 0.1) is 23.3 Å². The number of hydrogen-bond donors (Lipinski definition) is 2. The van der Waals surface area contributed by atoms with Crippen molar-refractivity contribution in [1.29, 1.82) is 5.26 Å². The summed E-state index contributed by atoms with van der Waals surface area (Å²) in [5.74, 6) is 1.34. The Bertz CT molecular complexity index is 1700. The molecule has 1 fully saturated rings. The van der Waals surface area contributed by atoms with Crippen LogP contribution in [0.3, 0.4) is 0 Å². The predicted octanol–water partition coefficient (Wildman–Crippen LogP) is 5.18. The van der Waals surface area contributed by atoms with Crippen LogP contribution in [0.2, 0.25) is 0 Å². The number of rotatable bonds is 8. The van der Waals surface area contributed by atoms with Crippen molar-refractivity contribution in [3.05, 3.63) is 60.0 Å². The number of nitrogens with one attached hydrogen (secondary N) is 2. The summed E-state index contributed by atoms with van der Waals surface area (Å²) in [6.07, 6.45) is 3.12. The van der Waals surface area contributed by atoms with Gasteiger partial charge in [-0.15, -0.1) is 0 Å². The SMILES string of the molecule is Cc1nc2c(Nc3ccccc3N(C(F)F)S(C)(=O)=O)cc(Nc3cccc(C#N)n3)nc2n1C1CCCCO1. The van der Waals surface area contributed by atoms with Crippen molar-refractivity contribution in [1.82, 2.24) is 19.5 Å². The maximum atomic E-state index is 13.9. The topological polar surface area (TPSA) is 138 Å². The zero-order valence-corrected chi connectivity index (χ0v) is 22.5. The molecule has 5 rings (SSSR count). The maximum Gasteiger partial charge on any atom is 0.327 e. The van der Waals surface area contributed by atoms with E-state index >= 15 is 0 Å². The van der Waals surface area contributed by atoms with E-state index in [-0.39, 0.29) is 27.6 Å². The number of halogens is 2. The summed E-state index contributed by atoms with van der Waals surface area (Å²) in [5.41, 5.74) is 1.40. The highest BCUT2D eigenvalue weighted by Gasteiger charge is 2.29. The fourth-order valence-corrected chi connectivity index (χ4v) is 5.45. The number of imidazole rings is 1. The molecule has 0 amide bonds. The number of ether oxygens (including phenoxy) is 1. The largest absolute Gasteiger partial charge is 0.358 e. The van der Waals surface area contributed by atoms with Gasteiger partial charge in [0, 0.05) is 12.7 Å². The lowest BCUT2D eigenvalue weighted by atomic mass is 10.2. The molecule has 4 heterocycles. The molecule has 208 valence electrons. The predicted molar refractivity (Wildman–Crippen MR) is 146 cm³/mol. The van der Waals surface area contributed by atoms with Gasteiger partial charge in [-0.2, -0.15) is 14.0 Å². The van der Waals surface area contributed by atoms with Crippen molar-refractivity contribution < 1.29 is 21.9 Å². The van der Waals surface area contributed by atoms with E-state index in [1.54, 1.807) is 30.3 Å². The van der Waals surface area contributed by atoms with Crippen LogP contribution in [-0.2, 0) is 14.8 Å². The Morgan fingerprint density at radius 2 is 1.88 bits per heavy atom. The number of nitriles is 1. The third-order valence-electron chi connectivity index (χ3n) is 6.33. The molecule has 40 heavy (non-hydrogen) atoms. The summed E-state index contributed by atoms with van der Waals surface area (Å²) >= 11 is 0. The quantitative estimate of drug-likeness (QED) is 0.275. The molecule has 0 saturated carbocycles. The number of pyridine rings is 2. The normalized spacial score (nSPS) is 15.7. The summed E-state index contributed by atoms with van der Waals surface area (Å²) in [5, 5.41) is 15.4. The van der Waals surface area contributed by atoms with Gasteiger partial charge >= 0.3 is 6.55 Å². The number of anilines is 5. The van der Waals surface area contributed by atoms with E-state index in [0.29, 0.717) is 40.9 Å². The van der Waals surface area contributed by atoms with E-state index in [1.807, 2.05) is 17.6 Å². The lowest BCUT2D eigenvalue weighted by Crippen LogP contribution is -2.35. The van der Waals surface area contributed by atoms with E-state index in [9.17, 15) is 22.5 Å². The molecular weight excluding hydrogens is 542 g/mol. The molecule has 11 nitrogen and oxygen atoms in total. The van der Waals surface area contributed by atoms with Gasteiger partial charge in [0.1, 0.15) is 41.0 Å². The highest BCUT2D eigenvalue weighted by Crippen LogP contribution is 2.37. The number of alkyl halides is 2. The van der Waals surface area contributed by atoms with Crippen LogP contribution in [0.5, 0.6) is 0 Å². The first kappa shape index (κ1) is 27.2. The third kappa shape index (κ3) is 5.51. The summed E-state index contributed by atoms with van der Waals surface area (Å²) in [4.78, 5) is 13.7. The zero-order valence-electron chi connectivity index (χ0n) is 21.7. The van der Waals surface area contributed by atoms with E-state index in [2.05, 4.69) is 15.6 Å². The smallest absolute Gasteiger partial charge is 0.327 e. The van der Waals surface area contributed by atoms with Gasteiger partial charge in [0.15, 0.2) is 5.65 Å². The van der Waals surface area contributed by atoms with Crippen LogP contribution in [0, 0.1) is 18.3 Å². The van der Waals surface area contributed by atoms with Crippen molar-refractivity contribution in [3.8, 4) is 6.07 Å². The molecule has 1 atom stereocenters. The summed E-state index contributed by atoms with van der Waals surface area (Å²) < 4.78 is 60.3. The highest BCUT2D eigenvalue weighted by molar-refractivity contribution is 7.92. The molecule has 0 aliphatic carbocycles. The zero-order chi connectivity index (χ0) is 28.4. The second-order valence-corrected chi connectivity index (χ2v) is 11.1. The van der Waals surface area contributed by atoms with Crippen LogP contribution in [0.1, 0.15) is 37.0 Å². The minimum absolute atomic E-state index is 0.0594. The van der Waals surface area contributed by atoms with E-state index in [4.69, 9.17) is 14.7 Å². The lowest BCUT2D eigenvalue weighted by Gasteiger charge is -2.25. The Morgan fingerprint density at radius 1 is 1.07 bits per heavy atom. The molecular formula is C26H26F2N8O3S. The fraction of sp³-hybridized carbons (Fsp3) is 0.308. The third-order valence-corrected chi connectivity index (χ3v) is 7.40. The van der Waals surface area contributed by atoms with E-state index in [0.717, 1.165) is 25.5 Å². The van der Waals surface area contributed by atoms with Gasteiger partial charge in [-0.1, -0.05) is 18.2 Å². The molecule has 1 saturated heterocycles. The highest BCUT2D eigenvalue weighted by atomic mass is 32.2. The fourth-order valence-electron chi connectivity index (χ4n) is 4.65. The lowest BCUT2D eigenvalue weighted by molar-refractivity contribution is -0.0308. The molecule has 1 unspecified atom stereocenters. The molecule has 0 radical (unpaired) electrons. The second-order valence-electron chi connectivity index (χ2n) is 9.20. The van der Waals surface area contributed by atoms with E-state index < -0.39 is 16.6 Å². The molecule has 2 N–H and O–H groups in total. The van der Waals surface area contributed by atoms with Crippen molar-refractivity contribution in [2.75, 3.05) is 27.8 Å². The van der Waals surface area contributed by atoms with Crippen LogP contribution in [0.15, 0.2) is 48.5 Å². The average Bonchev–Trinajstić information content (AvgIpc) is 3.25. The Labute approximate surface area is 229 Å². The van der Waals surface area contributed by atoms with Gasteiger partial charge in [0.25, 0.3) is 0 Å². The summed E-state index contributed by atoms with van der Waals surface area (Å²) in [6, 6.07) is 14.4. The number of aryl methyl sites for hydroxylation is 1. The number of aromatic nitrogens is 4. The van der Waals surface area contributed by atoms with Crippen molar-refractivity contribution in [2.45, 2.75) is 39.0 Å². The maximum absolute atomic E-state index is 13.9. The second kappa shape index (κ2) is 11.0. The average molecular weight is 569 g/mol. The van der Waals surface area contributed by atoms with Crippen LogP contribution in [-0.4, -0.2) is 47.3 Å². The Morgan fingerprint density at radius 3 is 2.58 bits per heavy atom. The summed E-state index contributed by atoms with van der Waals surface area (Å²) in [7, 11) is -4.30. The first-order valence-corrected chi connectivity index (χ1v) is 14.3. The first-order valence-electron chi connectivity index (χ1n) is 12.4. The molecule has 3 aromatic heterocycles. The van der Waals surface area contributed by atoms with Crippen LogP contribution >= 0.6 is 0 Å². The van der Waals surface area contributed by atoms with Gasteiger partial charge in [-0.3, -0.25) is 4.57 Å². The number of nitrogens with zero attached hydrogens (tertiary/aromatic N) is 6. The van der Waals surface area contributed by atoms with Crippen LogP contribution in [0.25, 0.3) is 11.2 Å². The standard InChI is InChI=1S/C26H26F2N8O3S/c1-16-30-24-19(32-18-9-3-4-10-20(18)36(26(27)28)40(2,37)38)14-22(33-21-11-7-8-17(15-29)31-21)34-25(24)35(16)23-12-5-6-13-39-23/h3-4,7-11,14,23,26H,5-6,12-13H2,1-2H3,(H2,31,32,33,34). The minimum atomic E-state index is -4.30. The summed E-state index contributed by atoms with van der Waals surface area (Å²) in [6.45, 7) is -0.874. The van der Waals surface area contributed by atoms with Crippen LogP contribution < -0.4 is 14.9 Å². The molecule has 0 bridgehead atoms. The number of fused-ring (bicyclic) bond motifs is 1. The van der Waals surface area contributed by atoms with Gasteiger partial charge in [0.2, 0.25) is 10.0 Å². The van der Waals surface area contributed by atoms with Gasteiger partial charge in [-0.25, -0.2) is 27.7 Å². The van der Waals surface area contributed by atoms with Crippen molar-refractivity contribution in [3.63, 3.8) is 0 Å². The number of hydrogen-bond acceptors (Lipinski definition) is 9. The molecule has 4 aromatic rings. The van der Waals surface area contributed by atoms with Crippen molar-refractivity contribution >= 4 is 49.9 Å². The number of sulfonamides is 1. The van der Waals surface area contributed by atoms with Gasteiger partial charge < -0.3 is 15.4 Å². The minimum Gasteiger partial charge on any atom is -0.358 e. The molecule has 1 aliphatic rings. The Hall–Kier alpha value is -4.35. The first-order chi connectivity index (χ1) is 19.2. The molecule has 0 spiro atoms.